The molecule has 19 heavy (non-hydrogen) atoms. The van der Waals surface area contributed by atoms with Crippen molar-refractivity contribution >= 4 is 5.97 Å². The molecule has 1 aromatic rings. The van der Waals surface area contributed by atoms with E-state index in [2.05, 4.69) is 43.0 Å². The molecule has 104 valence electrons. The van der Waals surface area contributed by atoms with Gasteiger partial charge in [-0.1, -0.05) is 43.2 Å². The minimum Gasteiger partial charge on any atom is -0.481 e. The number of hydrogen-bond donors (Lipinski definition) is 1. The van der Waals surface area contributed by atoms with Crippen LogP contribution in [0.2, 0.25) is 0 Å². The van der Waals surface area contributed by atoms with Gasteiger partial charge >= 0.3 is 5.97 Å². The molecule has 1 unspecified atom stereocenters. The summed E-state index contributed by atoms with van der Waals surface area (Å²) in [6.07, 6.45) is 2.50. The van der Waals surface area contributed by atoms with Crippen molar-refractivity contribution in [3.63, 3.8) is 0 Å². The van der Waals surface area contributed by atoms with Crippen LogP contribution in [0, 0.1) is 12.3 Å². The number of carboxylic acid groups (broad SMARTS) is 1. The maximum Gasteiger partial charge on any atom is 0.310 e. The molecule has 0 bridgehead atoms. The number of aliphatic carboxylic acids is 1. The lowest BCUT2D eigenvalue weighted by Crippen LogP contribution is -2.34. The second kappa shape index (κ2) is 5.74. The fourth-order valence-electron chi connectivity index (χ4n) is 3.01. The second-order valence-electron chi connectivity index (χ2n) is 5.78. The Bertz CT molecular complexity index is 441. The van der Waals surface area contributed by atoms with Crippen LogP contribution in [0.15, 0.2) is 24.3 Å². The molecule has 1 heterocycles. The number of aryl methyl sites for hydroxylation is 1. The van der Waals surface area contributed by atoms with E-state index in [1.807, 2.05) is 0 Å². The third kappa shape index (κ3) is 3.16. The molecule has 3 nitrogen and oxygen atoms in total. The topological polar surface area (TPSA) is 40.5 Å². The van der Waals surface area contributed by atoms with E-state index < -0.39 is 11.4 Å². The van der Waals surface area contributed by atoms with Crippen molar-refractivity contribution in [1.82, 2.24) is 4.90 Å². The summed E-state index contributed by atoms with van der Waals surface area (Å²) >= 11 is 0. The Labute approximate surface area is 115 Å². The average Bonchev–Trinajstić information content (AvgIpc) is 2.77. The lowest BCUT2D eigenvalue weighted by Gasteiger charge is -2.24. The molecule has 1 atom stereocenters. The highest BCUT2D eigenvalue weighted by Gasteiger charge is 2.43. The molecular formula is C16H23NO2. The molecule has 0 aliphatic carbocycles. The van der Waals surface area contributed by atoms with Gasteiger partial charge < -0.3 is 5.11 Å². The van der Waals surface area contributed by atoms with Gasteiger partial charge in [-0.05, 0) is 31.9 Å². The zero-order valence-electron chi connectivity index (χ0n) is 11.9. The Balaban J connectivity index is 2.01. The monoisotopic (exact) mass is 261 g/mol. The van der Waals surface area contributed by atoms with Crippen molar-refractivity contribution in [2.75, 3.05) is 13.1 Å². The average molecular weight is 261 g/mol. The molecule has 1 aliphatic heterocycles. The molecule has 0 aromatic heterocycles. The van der Waals surface area contributed by atoms with Crippen LogP contribution in [-0.4, -0.2) is 29.1 Å². The van der Waals surface area contributed by atoms with Crippen LogP contribution >= 0.6 is 0 Å². The first-order valence-electron chi connectivity index (χ1n) is 7.07. The quantitative estimate of drug-likeness (QED) is 0.885. The summed E-state index contributed by atoms with van der Waals surface area (Å²) in [7, 11) is 0. The molecule has 1 fully saturated rings. The standard InChI is InChI=1S/C16H23NO2/c1-3-8-16(15(18)19)9-10-17(12-16)11-14-6-4-13(2)5-7-14/h4-7H,3,8-12H2,1-2H3,(H,18,19). The molecule has 2 rings (SSSR count). The third-order valence-electron chi connectivity index (χ3n) is 4.14. The predicted octanol–water partition coefficient (Wildman–Crippen LogP) is 3.07. The van der Waals surface area contributed by atoms with Crippen LogP contribution in [0.5, 0.6) is 0 Å². The van der Waals surface area contributed by atoms with Crippen molar-refractivity contribution in [2.24, 2.45) is 5.41 Å². The lowest BCUT2D eigenvalue weighted by molar-refractivity contribution is -0.148. The highest BCUT2D eigenvalue weighted by atomic mass is 16.4. The summed E-state index contributed by atoms with van der Waals surface area (Å²) < 4.78 is 0. The van der Waals surface area contributed by atoms with Gasteiger partial charge in [0.1, 0.15) is 0 Å². The molecular weight excluding hydrogens is 238 g/mol. The Kier molecular flexibility index (Phi) is 4.25. The van der Waals surface area contributed by atoms with E-state index in [1.54, 1.807) is 0 Å². The largest absolute Gasteiger partial charge is 0.481 e. The summed E-state index contributed by atoms with van der Waals surface area (Å²) in [6, 6.07) is 8.50. The number of hydrogen-bond acceptors (Lipinski definition) is 2. The highest BCUT2D eigenvalue weighted by molar-refractivity contribution is 5.75. The first-order chi connectivity index (χ1) is 9.05. The number of carbonyl (C=O) groups is 1. The summed E-state index contributed by atoms with van der Waals surface area (Å²) in [6.45, 7) is 6.58. The summed E-state index contributed by atoms with van der Waals surface area (Å²) in [5.74, 6) is -0.624. The zero-order chi connectivity index (χ0) is 13.9. The predicted molar refractivity (Wildman–Crippen MR) is 76.0 cm³/mol. The molecule has 1 N–H and O–H groups in total. The number of rotatable bonds is 5. The van der Waals surface area contributed by atoms with Crippen molar-refractivity contribution in [3.8, 4) is 0 Å². The lowest BCUT2D eigenvalue weighted by atomic mass is 9.83. The third-order valence-corrected chi connectivity index (χ3v) is 4.14. The molecule has 1 aromatic carbocycles. The van der Waals surface area contributed by atoms with E-state index in [-0.39, 0.29) is 0 Å². The molecule has 3 heteroatoms. The SMILES string of the molecule is CCCC1(C(=O)O)CCN(Cc2ccc(C)cc2)C1. The molecule has 1 aliphatic rings. The van der Waals surface area contributed by atoms with E-state index in [4.69, 9.17) is 0 Å². The van der Waals surface area contributed by atoms with E-state index in [9.17, 15) is 9.90 Å². The van der Waals surface area contributed by atoms with Gasteiger partial charge in [0, 0.05) is 13.1 Å². The highest BCUT2D eigenvalue weighted by Crippen LogP contribution is 2.36. The minimum atomic E-state index is -0.624. The van der Waals surface area contributed by atoms with Crippen LogP contribution in [-0.2, 0) is 11.3 Å². The van der Waals surface area contributed by atoms with E-state index in [1.165, 1.54) is 11.1 Å². The van der Waals surface area contributed by atoms with Crippen LogP contribution in [0.3, 0.4) is 0 Å². The second-order valence-corrected chi connectivity index (χ2v) is 5.78. The summed E-state index contributed by atoms with van der Waals surface area (Å²) in [4.78, 5) is 13.8. The minimum absolute atomic E-state index is 0.514. The Morgan fingerprint density at radius 2 is 2.05 bits per heavy atom. The molecule has 1 saturated heterocycles. The van der Waals surface area contributed by atoms with E-state index >= 15 is 0 Å². The maximum atomic E-state index is 11.5. The van der Waals surface area contributed by atoms with Crippen LogP contribution in [0.4, 0.5) is 0 Å². The van der Waals surface area contributed by atoms with Crippen molar-refractivity contribution in [3.05, 3.63) is 35.4 Å². The number of carboxylic acids is 1. The molecule has 0 saturated carbocycles. The zero-order valence-corrected chi connectivity index (χ0v) is 11.9. The van der Waals surface area contributed by atoms with Gasteiger partial charge in [-0.2, -0.15) is 0 Å². The molecule has 0 spiro atoms. The van der Waals surface area contributed by atoms with Crippen molar-refractivity contribution in [2.45, 2.75) is 39.7 Å². The normalized spacial score (nSPS) is 23.7. The smallest absolute Gasteiger partial charge is 0.310 e. The van der Waals surface area contributed by atoms with Crippen LogP contribution in [0.25, 0.3) is 0 Å². The van der Waals surface area contributed by atoms with Gasteiger partial charge in [-0.25, -0.2) is 0 Å². The molecule has 0 radical (unpaired) electrons. The van der Waals surface area contributed by atoms with Crippen LogP contribution < -0.4 is 0 Å². The fraction of sp³-hybridized carbons (Fsp3) is 0.562. The first-order valence-corrected chi connectivity index (χ1v) is 7.07. The van der Waals surface area contributed by atoms with Crippen LogP contribution in [0.1, 0.15) is 37.3 Å². The maximum absolute atomic E-state index is 11.5. The van der Waals surface area contributed by atoms with Gasteiger partial charge in [-0.3, -0.25) is 9.69 Å². The number of nitrogens with zero attached hydrogens (tertiary/aromatic N) is 1. The number of benzene rings is 1. The van der Waals surface area contributed by atoms with Crippen molar-refractivity contribution < 1.29 is 9.90 Å². The Morgan fingerprint density at radius 3 is 2.63 bits per heavy atom. The van der Waals surface area contributed by atoms with Gasteiger partial charge in [0.15, 0.2) is 0 Å². The summed E-state index contributed by atoms with van der Waals surface area (Å²) in [5.41, 5.74) is 2.01. The Hall–Kier alpha value is -1.35. The van der Waals surface area contributed by atoms with Crippen molar-refractivity contribution in [1.29, 1.82) is 0 Å². The van der Waals surface area contributed by atoms with Gasteiger partial charge in [-0.15, -0.1) is 0 Å². The Morgan fingerprint density at radius 1 is 1.37 bits per heavy atom. The van der Waals surface area contributed by atoms with Gasteiger partial charge in [0.25, 0.3) is 0 Å². The molecule has 0 amide bonds. The fourth-order valence-corrected chi connectivity index (χ4v) is 3.01. The summed E-state index contributed by atoms with van der Waals surface area (Å²) in [5, 5.41) is 9.49. The van der Waals surface area contributed by atoms with E-state index in [0.29, 0.717) is 6.54 Å². The first kappa shape index (κ1) is 14.1. The van der Waals surface area contributed by atoms with E-state index in [0.717, 1.165) is 32.4 Å². The number of likely N-dealkylation sites (tertiary alicyclic amines) is 1. The van der Waals surface area contributed by atoms with Gasteiger partial charge in [0.05, 0.1) is 5.41 Å². The van der Waals surface area contributed by atoms with Gasteiger partial charge in [0.2, 0.25) is 0 Å².